The number of nitrogens with one attached hydrogen (secondary N) is 1. The van der Waals surface area contributed by atoms with Crippen LogP contribution in [-0.2, 0) is 6.54 Å². The number of ether oxygens (including phenoxy) is 1. The van der Waals surface area contributed by atoms with Crippen molar-refractivity contribution >= 4 is 23.2 Å². The molecule has 0 unspecified atom stereocenters. The quantitative estimate of drug-likeness (QED) is 0.655. The summed E-state index contributed by atoms with van der Waals surface area (Å²) in [7, 11) is 0. The second-order valence-electron chi connectivity index (χ2n) is 4.80. The molecule has 0 spiro atoms. The summed E-state index contributed by atoms with van der Waals surface area (Å²) in [6.07, 6.45) is 0.159. The van der Waals surface area contributed by atoms with E-state index in [-0.39, 0.29) is 6.10 Å². The van der Waals surface area contributed by atoms with Crippen molar-refractivity contribution in [3.8, 4) is 5.75 Å². The molecule has 2 rings (SSSR count). The van der Waals surface area contributed by atoms with E-state index in [0.717, 1.165) is 22.0 Å². The predicted octanol–water partition coefficient (Wildman–Crippen LogP) is 2.56. The van der Waals surface area contributed by atoms with E-state index in [4.69, 9.17) is 10.5 Å². The van der Waals surface area contributed by atoms with Crippen molar-refractivity contribution in [3.63, 3.8) is 0 Å². The maximum atomic E-state index is 5.86. The van der Waals surface area contributed by atoms with Crippen molar-refractivity contribution in [3.05, 3.63) is 34.8 Å². The van der Waals surface area contributed by atoms with Gasteiger partial charge in [-0.1, -0.05) is 4.49 Å². The number of aromatic nitrogens is 2. The van der Waals surface area contributed by atoms with Gasteiger partial charge in [-0.25, -0.2) is 4.99 Å². The Bertz CT molecular complexity index is 606. The zero-order valence-electron chi connectivity index (χ0n) is 12.3. The fourth-order valence-corrected chi connectivity index (χ4v) is 2.19. The third-order valence-electron chi connectivity index (χ3n) is 2.64. The fourth-order valence-electron chi connectivity index (χ4n) is 1.63. The first-order valence-corrected chi connectivity index (χ1v) is 7.43. The van der Waals surface area contributed by atoms with Crippen LogP contribution in [0.4, 0.5) is 5.69 Å². The number of benzene rings is 1. The lowest BCUT2D eigenvalue weighted by atomic mass is 10.3. The molecule has 112 valence electrons. The van der Waals surface area contributed by atoms with Crippen LogP contribution in [0.5, 0.6) is 5.75 Å². The van der Waals surface area contributed by atoms with Crippen molar-refractivity contribution < 1.29 is 4.74 Å². The smallest absolute Gasteiger partial charge is 0.193 e. The normalized spacial score (nSPS) is 11.7. The first kappa shape index (κ1) is 15.2. The number of anilines is 1. The van der Waals surface area contributed by atoms with Crippen LogP contribution in [0.25, 0.3) is 0 Å². The van der Waals surface area contributed by atoms with Gasteiger partial charge in [0, 0.05) is 5.69 Å². The number of rotatable bonds is 5. The third-order valence-corrected chi connectivity index (χ3v) is 3.45. The Labute approximate surface area is 128 Å². The van der Waals surface area contributed by atoms with E-state index in [0.29, 0.717) is 12.5 Å². The first-order chi connectivity index (χ1) is 10.0. The van der Waals surface area contributed by atoms with Gasteiger partial charge in [0.05, 0.1) is 23.2 Å². The van der Waals surface area contributed by atoms with Crippen LogP contribution in [0.15, 0.2) is 29.3 Å². The second kappa shape index (κ2) is 7.03. The molecular formula is C14H19N5OS. The molecule has 0 aliphatic rings. The van der Waals surface area contributed by atoms with E-state index >= 15 is 0 Å². The summed E-state index contributed by atoms with van der Waals surface area (Å²) in [4.78, 5) is 5.29. The topological polar surface area (TPSA) is 85.4 Å². The molecule has 0 atom stereocenters. The monoisotopic (exact) mass is 305 g/mol. The molecule has 1 aromatic heterocycles. The van der Waals surface area contributed by atoms with Crippen LogP contribution in [0, 0.1) is 6.92 Å². The maximum absolute atomic E-state index is 5.86. The Kier molecular flexibility index (Phi) is 5.10. The Morgan fingerprint density at radius 3 is 2.67 bits per heavy atom. The zero-order chi connectivity index (χ0) is 15.2. The Morgan fingerprint density at radius 2 is 2.10 bits per heavy atom. The van der Waals surface area contributed by atoms with Crippen molar-refractivity contribution in [2.75, 3.05) is 5.32 Å². The number of aliphatic imine (C=N–C) groups is 1. The second-order valence-corrected chi connectivity index (χ2v) is 5.64. The highest BCUT2D eigenvalue weighted by molar-refractivity contribution is 7.05. The van der Waals surface area contributed by atoms with E-state index in [1.807, 2.05) is 45.0 Å². The van der Waals surface area contributed by atoms with Crippen molar-refractivity contribution in [2.24, 2.45) is 10.7 Å². The fraction of sp³-hybridized carbons (Fsp3) is 0.357. The summed E-state index contributed by atoms with van der Waals surface area (Å²) in [6, 6.07) is 7.60. The lowest BCUT2D eigenvalue weighted by Gasteiger charge is -2.10. The highest BCUT2D eigenvalue weighted by Crippen LogP contribution is 2.17. The molecule has 1 aromatic carbocycles. The standard InChI is InChI=1S/C14H19N5OS/c1-9(2)20-12-6-4-11(5-7-12)17-14(15)16-8-13-10(3)18-19-21-13/h4-7,9H,8H2,1-3H3,(H3,15,16,17). The van der Waals surface area contributed by atoms with Crippen molar-refractivity contribution in [1.82, 2.24) is 9.59 Å². The summed E-state index contributed by atoms with van der Waals surface area (Å²) >= 11 is 1.34. The number of hydrogen-bond acceptors (Lipinski definition) is 5. The molecule has 0 amide bonds. The van der Waals surface area contributed by atoms with Crippen molar-refractivity contribution in [2.45, 2.75) is 33.4 Å². The molecule has 21 heavy (non-hydrogen) atoms. The van der Waals surface area contributed by atoms with Gasteiger partial charge in [0.25, 0.3) is 0 Å². The van der Waals surface area contributed by atoms with E-state index in [9.17, 15) is 0 Å². The molecule has 2 aromatic rings. The molecule has 7 heteroatoms. The number of hydrogen-bond donors (Lipinski definition) is 2. The maximum Gasteiger partial charge on any atom is 0.193 e. The van der Waals surface area contributed by atoms with E-state index in [2.05, 4.69) is 19.9 Å². The summed E-state index contributed by atoms with van der Waals surface area (Å²) in [5.74, 6) is 1.19. The molecule has 0 aliphatic heterocycles. The predicted molar refractivity (Wildman–Crippen MR) is 85.8 cm³/mol. The molecular weight excluding hydrogens is 286 g/mol. The average molecular weight is 305 g/mol. The van der Waals surface area contributed by atoms with Gasteiger partial charge in [-0.15, -0.1) is 5.10 Å². The van der Waals surface area contributed by atoms with Crippen LogP contribution >= 0.6 is 11.5 Å². The average Bonchev–Trinajstić information content (AvgIpc) is 2.84. The molecule has 6 nitrogen and oxygen atoms in total. The van der Waals surface area contributed by atoms with Gasteiger partial charge in [0.15, 0.2) is 5.96 Å². The summed E-state index contributed by atoms with van der Waals surface area (Å²) in [6.45, 7) is 6.38. The number of aryl methyl sites for hydroxylation is 1. The minimum Gasteiger partial charge on any atom is -0.491 e. The molecule has 0 saturated carbocycles. The third kappa shape index (κ3) is 4.71. The van der Waals surface area contributed by atoms with Gasteiger partial charge in [0.1, 0.15) is 5.75 Å². The van der Waals surface area contributed by atoms with Gasteiger partial charge < -0.3 is 15.8 Å². The van der Waals surface area contributed by atoms with Crippen LogP contribution in [0.1, 0.15) is 24.4 Å². The largest absolute Gasteiger partial charge is 0.491 e. The van der Waals surface area contributed by atoms with Gasteiger partial charge in [-0.05, 0) is 56.6 Å². The Morgan fingerprint density at radius 1 is 1.38 bits per heavy atom. The minimum absolute atomic E-state index is 0.159. The number of guanidine groups is 1. The van der Waals surface area contributed by atoms with Crippen LogP contribution in [0.2, 0.25) is 0 Å². The van der Waals surface area contributed by atoms with Gasteiger partial charge in [-0.2, -0.15) is 0 Å². The minimum atomic E-state index is 0.159. The highest BCUT2D eigenvalue weighted by atomic mass is 32.1. The van der Waals surface area contributed by atoms with Gasteiger partial charge >= 0.3 is 0 Å². The number of nitrogens with two attached hydrogens (primary N) is 1. The van der Waals surface area contributed by atoms with E-state index < -0.39 is 0 Å². The molecule has 1 heterocycles. The molecule has 0 radical (unpaired) electrons. The summed E-state index contributed by atoms with van der Waals surface area (Å²) in [5.41, 5.74) is 7.62. The van der Waals surface area contributed by atoms with E-state index in [1.165, 1.54) is 11.5 Å². The first-order valence-electron chi connectivity index (χ1n) is 6.66. The van der Waals surface area contributed by atoms with Crippen LogP contribution < -0.4 is 15.8 Å². The SMILES string of the molecule is Cc1nnsc1CN=C(N)Nc1ccc(OC(C)C)cc1. The van der Waals surface area contributed by atoms with Gasteiger partial charge in [-0.3, -0.25) is 0 Å². The lowest BCUT2D eigenvalue weighted by molar-refractivity contribution is 0.242. The summed E-state index contributed by atoms with van der Waals surface area (Å²) in [5, 5.41) is 6.98. The van der Waals surface area contributed by atoms with Crippen LogP contribution in [0.3, 0.4) is 0 Å². The van der Waals surface area contributed by atoms with Gasteiger partial charge in [0.2, 0.25) is 0 Å². The highest BCUT2D eigenvalue weighted by Gasteiger charge is 2.03. The van der Waals surface area contributed by atoms with Crippen LogP contribution in [-0.4, -0.2) is 21.7 Å². The molecule has 0 aliphatic carbocycles. The van der Waals surface area contributed by atoms with Crippen molar-refractivity contribution in [1.29, 1.82) is 0 Å². The molecule has 0 saturated heterocycles. The zero-order valence-corrected chi connectivity index (χ0v) is 13.1. The molecule has 0 bridgehead atoms. The Balaban J connectivity index is 1.93. The van der Waals surface area contributed by atoms with E-state index in [1.54, 1.807) is 0 Å². The lowest BCUT2D eigenvalue weighted by Crippen LogP contribution is -2.22. The molecule has 3 N–H and O–H groups in total. The molecule has 0 fully saturated rings. The number of nitrogens with zero attached hydrogens (tertiary/aromatic N) is 3. The summed E-state index contributed by atoms with van der Waals surface area (Å²) < 4.78 is 9.45. The Hall–Kier alpha value is -2.15.